The Bertz CT molecular complexity index is 1250. The minimum atomic E-state index is -3.36. The molecule has 5 nitrogen and oxygen atoms in total. The highest BCUT2D eigenvalue weighted by molar-refractivity contribution is 7.92. The van der Waals surface area contributed by atoms with Crippen molar-refractivity contribution in [2.24, 2.45) is 0 Å². The fourth-order valence-electron chi connectivity index (χ4n) is 4.45. The van der Waals surface area contributed by atoms with Crippen molar-refractivity contribution in [3.63, 3.8) is 0 Å². The van der Waals surface area contributed by atoms with E-state index in [4.69, 9.17) is 4.74 Å². The number of anilines is 1. The second-order valence-corrected chi connectivity index (χ2v) is 10.8. The summed E-state index contributed by atoms with van der Waals surface area (Å²) < 4.78 is 32.0. The van der Waals surface area contributed by atoms with Gasteiger partial charge in [-0.15, -0.1) is 0 Å². The van der Waals surface area contributed by atoms with Crippen LogP contribution >= 0.6 is 0 Å². The normalized spacial score (nSPS) is 14.4. The first-order valence-electron chi connectivity index (χ1n) is 12.1. The number of methoxy groups -OCH3 is 1. The number of hydrogen-bond acceptors (Lipinski definition) is 4. The third-order valence-electron chi connectivity index (χ3n) is 6.38. The molecular weight excluding hydrogens is 456 g/mol. The third kappa shape index (κ3) is 6.32. The molecule has 1 heterocycles. The molecule has 1 saturated heterocycles. The first-order valence-corrected chi connectivity index (χ1v) is 14.0. The van der Waals surface area contributed by atoms with Gasteiger partial charge in [0.15, 0.2) is 0 Å². The Hall–Kier alpha value is -3.09. The van der Waals surface area contributed by atoms with E-state index in [-0.39, 0.29) is 0 Å². The summed E-state index contributed by atoms with van der Waals surface area (Å²) in [5.74, 6) is 0.828. The van der Waals surface area contributed by atoms with Crippen LogP contribution in [0.25, 0.3) is 11.1 Å². The van der Waals surface area contributed by atoms with E-state index in [2.05, 4.69) is 36.1 Å². The van der Waals surface area contributed by atoms with E-state index in [0.29, 0.717) is 12.2 Å². The average Bonchev–Trinajstić information content (AvgIpc) is 3.70. The number of allylic oxidation sites excluding steroid dienone is 1. The fourth-order valence-corrected chi connectivity index (χ4v) is 5.42. The first kappa shape index (κ1) is 25.0. The van der Waals surface area contributed by atoms with Crippen LogP contribution < -0.4 is 9.04 Å². The Balaban J connectivity index is 1.72. The van der Waals surface area contributed by atoms with Crippen molar-refractivity contribution >= 4 is 26.9 Å². The van der Waals surface area contributed by atoms with Crippen LogP contribution in [0.4, 0.5) is 5.69 Å². The second kappa shape index (κ2) is 11.1. The Kier molecular flexibility index (Phi) is 7.93. The molecule has 1 aliphatic heterocycles. The van der Waals surface area contributed by atoms with Gasteiger partial charge in [0.2, 0.25) is 10.0 Å². The van der Waals surface area contributed by atoms with Crippen molar-refractivity contribution in [1.29, 1.82) is 0 Å². The Morgan fingerprint density at radius 2 is 1.49 bits per heavy atom. The Morgan fingerprint density at radius 1 is 0.886 bits per heavy atom. The molecule has 3 aromatic rings. The Labute approximate surface area is 209 Å². The maximum atomic E-state index is 12.5. The molecular formula is C29H34N2O3S. The zero-order chi connectivity index (χ0) is 24.8. The number of sulfonamides is 1. The predicted molar refractivity (Wildman–Crippen MR) is 145 cm³/mol. The highest BCUT2D eigenvalue weighted by Gasteiger charge is 2.21. The van der Waals surface area contributed by atoms with Crippen LogP contribution in [0.15, 0.2) is 78.9 Å². The van der Waals surface area contributed by atoms with Gasteiger partial charge in [0.05, 0.1) is 19.1 Å². The zero-order valence-electron chi connectivity index (χ0n) is 20.8. The van der Waals surface area contributed by atoms with Crippen molar-refractivity contribution in [2.45, 2.75) is 19.8 Å². The van der Waals surface area contributed by atoms with Gasteiger partial charge in [0.1, 0.15) is 5.75 Å². The monoisotopic (exact) mass is 490 g/mol. The van der Waals surface area contributed by atoms with E-state index >= 15 is 0 Å². The number of ether oxygens (including phenoxy) is 1. The van der Waals surface area contributed by atoms with Gasteiger partial charge in [0.25, 0.3) is 0 Å². The molecule has 0 bridgehead atoms. The van der Waals surface area contributed by atoms with Crippen LogP contribution in [0.5, 0.6) is 5.75 Å². The van der Waals surface area contributed by atoms with Gasteiger partial charge in [-0.25, -0.2) is 8.42 Å². The first-order chi connectivity index (χ1) is 16.9. The predicted octanol–water partition coefficient (Wildman–Crippen LogP) is 5.54. The molecule has 4 rings (SSSR count). The maximum Gasteiger partial charge on any atom is 0.232 e. The maximum absolute atomic E-state index is 12.5. The minimum Gasteiger partial charge on any atom is -0.497 e. The van der Waals surface area contributed by atoms with Crippen LogP contribution in [-0.2, 0) is 10.0 Å². The molecule has 1 fully saturated rings. The Morgan fingerprint density at radius 3 is 2.03 bits per heavy atom. The summed E-state index contributed by atoms with van der Waals surface area (Å²) in [6, 6.07) is 26.5. The van der Waals surface area contributed by atoms with Crippen LogP contribution in [0, 0.1) is 0 Å². The number of hydrogen-bond donors (Lipinski definition) is 0. The van der Waals surface area contributed by atoms with E-state index in [9.17, 15) is 8.42 Å². The van der Waals surface area contributed by atoms with Gasteiger partial charge in [-0.05, 0) is 71.5 Å². The van der Waals surface area contributed by atoms with Crippen LogP contribution in [-0.4, -0.2) is 52.9 Å². The molecule has 0 amide bonds. The molecule has 0 spiro atoms. The summed E-state index contributed by atoms with van der Waals surface area (Å²) in [5.41, 5.74) is 6.42. The van der Waals surface area contributed by atoms with Crippen LogP contribution in [0.2, 0.25) is 0 Å². The fraction of sp³-hybridized carbons (Fsp3) is 0.310. The third-order valence-corrected chi connectivity index (χ3v) is 7.57. The summed E-state index contributed by atoms with van der Waals surface area (Å²) in [7, 11) is -1.69. The SMILES string of the molecule is CCC(=C(c1ccccc1)c1ccc(N(CCCN2CC2)S(C)(=O)=O)cc1)c1ccc(OC)cc1. The number of nitrogens with zero attached hydrogens (tertiary/aromatic N) is 2. The summed E-state index contributed by atoms with van der Waals surface area (Å²) >= 11 is 0. The van der Waals surface area contributed by atoms with Crippen molar-refractivity contribution < 1.29 is 13.2 Å². The van der Waals surface area contributed by atoms with Crippen LogP contribution in [0.3, 0.4) is 0 Å². The van der Waals surface area contributed by atoms with Crippen molar-refractivity contribution in [3.05, 3.63) is 95.6 Å². The number of benzene rings is 3. The van der Waals surface area contributed by atoms with Gasteiger partial charge in [-0.1, -0.05) is 61.5 Å². The molecule has 1 aliphatic rings. The molecule has 0 saturated carbocycles. The lowest BCUT2D eigenvalue weighted by Gasteiger charge is -2.23. The quantitative estimate of drug-likeness (QED) is 0.262. The minimum absolute atomic E-state index is 0.488. The lowest BCUT2D eigenvalue weighted by Crippen LogP contribution is -2.31. The summed E-state index contributed by atoms with van der Waals surface area (Å²) in [5, 5.41) is 0. The summed E-state index contributed by atoms with van der Waals surface area (Å²) in [6.45, 7) is 5.83. The highest BCUT2D eigenvalue weighted by atomic mass is 32.2. The van der Waals surface area contributed by atoms with Crippen molar-refractivity contribution in [2.75, 3.05) is 43.8 Å². The molecule has 184 valence electrons. The molecule has 0 unspecified atom stereocenters. The van der Waals surface area contributed by atoms with E-state index in [1.165, 1.54) is 16.1 Å². The molecule has 35 heavy (non-hydrogen) atoms. The van der Waals surface area contributed by atoms with E-state index in [0.717, 1.165) is 60.5 Å². The van der Waals surface area contributed by atoms with Crippen molar-refractivity contribution in [3.8, 4) is 5.75 Å². The van der Waals surface area contributed by atoms with Gasteiger partial charge in [-0.3, -0.25) is 4.31 Å². The molecule has 3 aromatic carbocycles. The lowest BCUT2D eigenvalue weighted by atomic mass is 9.88. The van der Waals surface area contributed by atoms with E-state index in [1.54, 1.807) is 7.11 Å². The van der Waals surface area contributed by atoms with E-state index in [1.807, 2.05) is 54.6 Å². The molecule has 0 aromatic heterocycles. The zero-order valence-corrected chi connectivity index (χ0v) is 21.6. The second-order valence-electron chi connectivity index (χ2n) is 8.88. The lowest BCUT2D eigenvalue weighted by molar-refractivity contribution is 0.415. The largest absolute Gasteiger partial charge is 0.497 e. The van der Waals surface area contributed by atoms with Gasteiger partial charge in [-0.2, -0.15) is 0 Å². The smallest absolute Gasteiger partial charge is 0.232 e. The van der Waals surface area contributed by atoms with E-state index < -0.39 is 10.0 Å². The molecule has 0 atom stereocenters. The summed E-state index contributed by atoms with van der Waals surface area (Å²) in [6.07, 6.45) is 2.96. The topological polar surface area (TPSA) is 49.6 Å². The molecule has 0 N–H and O–H groups in total. The average molecular weight is 491 g/mol. The number of rotatable bonds is 11. The van der Waals surface area contributed by atoms with Gasteiger partial charge >= 0.3 is 0 Å². The summed E-state index contributed by atoms with van der Waals surface area (Å²) in [4.78, 5) is 2.31. The van der Waals surface area contributed by atoms with Crippen LogP contribution in [0.1, 0.15) is 36.5 Å². The molecule has 0 radical (unpaired) electrons. The van der Waals surface area contributed by atoms with Crippen molar-refractivity contribution in [1.82, 2.24) is 4.90 Å². The molecule has 0 aliphatic carbocycles. The standard InChI is InChI=1S/C29H34N2O3S/c1-4-28(23-13-17-27(34-2)18-14-23)29(24-9-6-5-7-10-24)25-11-15-26(16-12-25)31(35(3,32)33)20-8-19-30-21-22-30/h5-7,9-18H,4,8,19-22H2,1-3H3. The highest BCUT2D eigenvalue weighted by Crippen LogP contribution is 2.35. The van der Waals surface area contributed by atoms with Gasteiger partial charge < -0.3 is 9.64 Å². The molecule has 6 heteroatoms. The van der Waals surface area contributed by atoms with Gasteiger partial charge in [0, 0.05) is 19.6 Å².